The standard InChI is InChI=1S/C12H13BrO2/c1-2-15-11-6-5-9(13)7-10(11)12(14)8-3-4-8/h5-8H,2-4H2,1H3. The Morgan fingerprint density at radius 2 is 2.27 bits per heavy atom. The summed E-state index contributed by atoms with van der Waals surface area (Å²) in [7, 11) is 0. The van der Waals surface area contributed by atoms with Crippen molar-refractivity contribution in [2.45, 2.75) is 19.8 Å². The molecule has 80 valence electrons. The first-order chi connectivity index (χ1) is 7.22. The summed E-state index contributed by atoms with van der Waals surface area (Å²) in [5.74, 6) is 1.16. The lowest BCUT2D eigenvalue weighted by molar-refractivity contribution is 0.0964. The fraction of sp³-hybridized carbons (Fsp3) is 0.417. The van der Waals surface area contributed by atoms with E-state index in [-0.39, 0.29) is 11.7 Å². The molecule has 0 spiro atoms. The first kappa shape index (κ1) is 10.7. The Morgan fingerprint density at radius 1 is 1.53 bits per heavy atom. The van der Waals surface area contributed by atoms with Crippen LogP contribution < -0.4 is 4.74 Å². The number of ether oxygens (including phenoxy) is 1. The van der Waals surface area contributed by atoms with Crippen LogP contribution >= 0.6 is 15.9 Å². The highest BCUT2D eigenvalue weighted by molar-refractivity contribution is 9.10. The number of carbonyl (C=O) groups excluding carboxylic acids is 1. The summed E-state index contributed by atoms with van der Waals surface area (Å²) in [6.45, 7) is 2.51. The average molecular weight is 269 g/mol. The van der Waals surface area contributed by atoms with E-state index in [1.165, 1.54) is 0 Å². The number of rotatable bonds is 4. The summed E-state index contributed by atoms with van der Waals surface area (Å²) in [5.41, 5.74) is 0.716. The molecule has 0 radical (unpaired) electrons. The summed E-state index contributed by atoms with van der Waals surface area (Å²) in [6.07, 6.45) is 2.05. The van der Waals surface area contributed by atoms with Gasteiger partial charge in [-0.2, -0.15) is 0 Å². The second-order valence-electron chi connectivity index (χ2n) is 3.71. The number of hydrogen-bond donors (Lipinski definition) is 0. The molecule has 1 aliphatic carbocycles. The van der Waals surface area contributed by atoms with Crippen molar-refractivity contribution in [3.05, 3.63) is 28.2 Å². The third kappa shape index (κ3) is 2.40. The topological polar surface area (TPSA) is 26.3 Å². The summed E-state index contributed by atoms with van der Waals surface area (Å²) < 4.78 is 6.38. The van der Waals surface area contributed by atoms with E-state index in [2.05, 4.69) is 15.9 Å². The van der Waals surface area contributed by atoms with Crippen molar-refractivity contribution >= 4 is 21.7 Å². The normalized spacial score (nSPS) is 15.1. The molecule has 1 aliphatic rings. The molecule has 0 saturated heterocycles. The number of ketones is 1. The van der Waals surface area contributed by atoms with Gasteiger partial charge in [-0.25, -0.2) is 0 Å². The predicted octanol–water partition coefficient (Wildman–Crippen LogP) is 3.44. The second-order valence-corrected chi connectivity index (χ2v) is 4.63. The molecule has 2 nitrogen and oxygen atoms in total. The van der Waals surface area contributed by atoms with Gasteiger partial charge in [0.05, 0.1) is 12.2 Å². The van der Waals surface area contributed by atoms with Crippen LogP contribution in [0, 0.1) is 5.92 Å². The van der Waals surface area contributed by atoms with E-state index in [0.717, 1.165) is 17.3 Å². The summed E-state index contributed by atoms with van der Waals surface area (Å²) in [4.78, 5) is 12.0. The van der Waals surface area contributed by atoms with Gasteiger partial charge in [0.25, 0.3) is 0 Å². The van der Waals surface area contributed by atoms with Crippen molar-refractivity contribution in [3.8, 4) is 5.75 Å². The molecule has 0 amide bonds. The van der Waals surface area contributed by atoms with E-state index in [4.69, 9.17) is 4.74 Å². The molecule has 0 N–H and O–H groups in total. The molecular formula is C12H13BrO2. The van der Waals surface area contributed by atoms with E-state index in [9.17, 15) is 4.79 Å². The zero-order chi connectivity index (χ0) is 10.8. The van der Waals surface area contributed by atoms with E-state index in [0.29, 0.717) is 17.9 Å². The molecule has 1 aromatic carbocycles. The molecule has 15 heavy (non-hydrogen) atoms. The van der Waals surface area contributed by atoms with E-state index < -0.39 is 0 Å². The van der Waals surface area contributed by atoms with Crippen LogP contribution in [-0.4, -0.2) is 12.4 Å². The van der Waals surface area contributed by atoms with E-state index in [1.54, 1.807) is 0 Å². The van der Waals surface area contributed by atoms with Gasteiger partial charge in [0.15, 0.2) is 5.78 Å². The van der Waals surface area contributed by atoms with Gasteiger partial charge in [0.1, 0.15) is 5.75 Å². The molecule has 1 fully saturated rings. The molecule has 0 atom stereocenters. The molecule has 0 aliphatic heterocycles. The molecule has 0 bridgehead atoms. The minimum absolute atomic E-state index is 0.222. The van der Waals surface area contributed by atoms with Crippen LogP contribution in [0.25, 0.3) is 0 Å². The Labute approximate surface area is 97.8 Å². The number of benzene rings is 1. The van der Waals surface area contributed by atoms with Crippen LogP contribution in [0.5, 0.6) is 5.75 Å². The van der Waals surface area contributed by atoms with Crippen molar-refractivity contribution in [1.82, 2.24) is 0 Å². The zero-order valence-corrected chi connectivity index (χ0v) is 10.2. The van der Waals surface area contributed by atoms with Crippen LogP contribution in [0.2, 0.25) is 0 Å². The van der Waals surface area contributed by atoms with Gasteiger partial charge in [-0.3, -0.25) is 4.79 Å². The Morgan fingerprint density at radius 3 is 2.87 bits per heavy atom. The fourth-order valence-corrected chi connectivity index (χ4v) is 1.90. The largest absolute Gasteiger partial charge is 0.493 e. The van der Waals surface area contributed by atoms with Gasteiger partial charge in [0, 0.05) is 10.4 Å². The summed E-state index contributed by atoms with van der Waals surface area (Å²) in [6, 6.07) is 5.60. The van der Waals surface area contributed by atoms with Gasteiger partial charge in [-0.05, 0) is 38.0 Å². The van der Waals surface area contributed by atoms with Gasteiger partial charge < -0.3 is 4.74 Å². The monoisotopic (exact) mass is 268 g/mol. The highest BCUT2D eigenvalue weighted by atomic mass is 79.9. The predicted molar refractivity (Wildman–Crippen MR) is 62.4 cm³/mol. The highest BCUT2D eigenvalue weighted by Crippen LogP contribution is 2.36. The van der Waals surface area contributed by atoms with Gasteiger partial charge >= 0.3 is 0 Å². The van der Waals surface area contributed by atoms with Crippen molar-refractivity contribution < 1.29 is 9.53 Å². The molecule has 0 unspecified atom stereocenters. The van der Waals surface area contributed by atoms with Crippen LogP contribution in [0.1, 0.15) is 30.1 Å². The number of Topliss-reactive ketones (excluding diaryl/α,β-unsaturated/α-hetero) is 1. The van der Waals surface area contributed by atoms with Crippen molar-refractivity contribution in [2.75, 3.05) is 6.61 Å². The zero-order valence-electron chi connectivity index (χ0n) is 8.63. The molecule has 0 heterocycles. The van der Waals surface area contributed by atoms with Gasteiger partial charge in [-0.1, -0.05) is 15.9 Å². The minimum Gasteiger partial charge on any atom is -0.493 e. The van der Waals surface area contributed by atoms with Crippen LogP contribution in [-0.2, 0) is 0 Å². The van der Waals surface area contributed by atoms with Crippen molar-refractivity contribution in [1.29, 1.82) is 0 Å². The first-order valence-corrected chi connectivity index (χ1v) is 5.98. The van der Waals surface area contributed by atoms with Crippen molar-refractivity contribution in [3.63, 3.8) is 0 Å². The summed E-state index contributed by atoms with van der Waals surface area (Å²) in [5, 5.41) is 0. The van der Waals surface area contributed by atoms with Gasteiger partial charge in [-0.15, -0.1) is 0 Å². The Kier molecular flexibility index (Phi) is 3.10. The molecule has 1 aromatic rings. The van der Waals surface area contributed by atoms with E-state index in [1.807, 2.05) is 25.1 Å². The summed E-state index contributed by atoms with van der Waals surface area (Å²) >= 11 is 3.38. The highest BCUT2D eigenvalue weighted by Gasteiger charge is 2.32. The van der Waals surface area contributed by atoms with Crippen LogP contribution in [0.3, 0.4) is 0 Å². The van der Waals surface area contributed by atoms with Crippen LogP contribution in [0.4, 0.5) is 0 Å². The maximum absolute atomic E-state index is 12.0. The molecule has 3 heteroatoms. The third-order valence-corrected chi connectivity index (χ3v) is 2.95. The van der Waals surface area contributed by atoms with Gasteiger partial charge in [0.2, 0.25) is 0 Å². The fourth-order valence-electron chi connectivity index (χ4n) is 1.54. The Balaban J connectivity index is 2.32. The van der Waals surface area contributed by atoms with Crippen molar-refractivity contribution in [2.24, 2.45) is 5.92 Å². The third-order valence-electron chi connectivity index (χ3n) is 2.46. The van der Waals surface area contributed by atoms with E-state index >= 15 is 0 Å². The lowest BCUT2D eigenvalue weighted by Crippen LogP contribution is -2.05. The maximum atomic E-state index is 12.0. The smallest absolute Gasteiger partial charge is 0.169 e. The Hall–Kier alpha value is -0.830. The molecule has 1 saturated carbocycles. The molecule has 0 aromatic heterocycles. The maximum Gasteiger partial charge on any atom is 0.169 e. The number of halogens is 1. The average Bonchev–Trinajstić information content (AvgIpc) is 3.03. The quantitative estimate of drug-likeness (QED) is 0.782. The molecule has 2 rings (SSSR count). The second kappa shape index (κ2) is 4.35. The molecular weight excluding hydrogens is 256 g/mol. The number of hydrogen-bond acceptors (Lipinski definition) is 2. The van der Waals surface area contributed by atoms with Crippen LogP contribution in [0.15, 0.2) is 22.7 Å². The Bertz CT molecular complexity index is 383. The minimum atomic E-state index is 0.222. The first-order valence-electron chi connectivity index (χ1n) is 5.19. The number of carbonyl (C=O) groups is 1. The SMILES string of the molecule is CCOc1ccc(Br)cc1C(=O)C1CC1. The lowest BCUT2D eigenvalue weighted by atomic mass is 10.1. The lowest BCUT2D eigenvalue weighted by Gasteiger charge is -2.09.